The van der Waals surface area contributed by atoms with E-state index in [0.29, 0.717) is 19.0 Å². The third-order valence-electron chi connectivity index (χ3n) is 1.73. The second-order valence-electron chi connectivity index (χ2n) is 3.99. The lowest BCUT2D eigenvalue weighted by molar-refractivity contribution is -0.122. The molecule has 0 bridgehead atoms. The van der Waals surface area contributed by atoms with Gasteiger partial charge in [-0.05, 0) is 13.0 Å². The Morgan fingerprint density at radius 3 is 2.67 bits per heavy atom. The van der Waals surface area contributed by atoms with Crippen LogP contribution < -0.4 is 5.32 Å². The van der Waals surface area contributed by atoms with E-state index in [-0.39, 0.29) is 12.5 Å². The molecule has 4 nitrogen and oxygen atoms in total. The molecule has 5 heteroatoms. The average molecular weight is 232 g/mol. The van der Waals surface area contributed by atoms with E-state index in [1.807, 2.05) is 19.9 Å². The van der Waals surface area contributed by atoms with Gasteiger partial charge in [0.05, 0.1) is 12.6 Å². The van der Waals surface area contributed by atoms with Gasteiger partial charge in [0.15, 0.2) is 0 Å². The monoisotopic (exact) mass is 231 g/mol. The maximum Gasteiger partial charge on any atom is 0.234 e. The Labute approximate surface area is 96.2 Å². The van der Waals surface area contributed by atoms with Gasteiger partial charge in [0.1, 0.15) is 5.38 Å². The van der Waals surface area contributed by atoms with Gasteiger partial charge in [-0.1, -0.05) is 13.8 Å². The first-order chi connectivity index (χ1) is 6.95. The smallest absolute Gasteiger partial charge is 0.234 e. The Bertz CT molecular complexity index is 237. The third-order valence-corrected chi connectivity index (χ3v) is 1.97. The van der Waals surface area contributed by atoms with Crippen LogP contribution in [0.1, 0.15) is 13.8 Å². The van der Waals surface area contributed by atoms with Crippen molar-refractivity contribution in [3.63, 3.8) is 0 Å². The van der Waals surface area contributed by atoms with Crippen LogP contribution in [-0.4, -0.2) is 42.9 Å². The van der Waals surface area contributed by atoms with E-state index in [1.165, 1.54) is 0 Å². The Kier molecular flexibility index (Phi) is 7.10. The summed E-state index contributed by atoms with van der Waals surface area (Å²) >= 11 is 5.64. The number of carbonyl (C=O) groups is 1. The largest absolute Gasteiger partial charge is 0.355 e. The van der Waals surface area contributed by atoms with Crippen LogP contribution in [0.25, 0.3) is 0 Å². The quantitative estimate of drug-likeness (QED) is 0.689. The minimum absolute atomic E-state index is 0.0343. The van der Waals surface area contributed by atoms with E-state index in [4.69, 9.17) is 16.9 Å². The number of carbonyl (C=O) groups excluding carboxylic acids is 1. The third kappa shape index (κ3) is 8.22. The van der Waals surface area contributed by atoms with Gasteiger partial charge < -0.3 is 5.32 Å². The first-order valence-electron chi connectivity index (χ1n) is 4.94. The summed E-state index contributed by atoms with van der Waals surface area (Å²) in [5.74, 6) is 0.409. The van der Waals surface area contributed by atoms with Gasteiger partial charge in [-0.25, -0.2) is 0 Å². The Balaban J connectivity index is 3.72. The number of hydrogen-bond donors (Lipinski definition) is 1. The van der Waals surface area contributed by atoms with Crippen LogP contribution >= 0.6 is 11.6 Å². The number of amides is 1. The SMILES string of the molecule is CC(C)CNC(=O)CN(C)CC(Cl)C#N. The molecule has 1 N–H and O–H groups in total. The number of hydrogen-bond acceptors (Lipinski definition) is 3. The van der Waals surface area contributed by atoms with Crippen LogP contribution in [0.4, 0.5) is 0 Å². The predicted molar refractivity (Wildman–Crippen MR) is 60.6 cm³/mol. The zero-order valence-electron chi connectivity index (χ0n) is 9.46. The molecule has 1 atom stereocenters. The molecule has 0 rings (SSSR count). The van der Waals surface area contributed by atoms with Gasteiger partial charge in [-0.2, -0.15) is 5.26 Å². The van der Waals surface area contributed by atoms with Crippen molar-refractivity contribution in [3.8, 4) is 6.07 Å². The summed E-state index contributed by atoms with van der Waals surface area (Å²) in [6.45, 7) is 5.42. The van der Waals surface area contributed by atoms with Gasteiger partial charge in [0.2, 0.25) is 5.91 Å². The molecule has 0 aliphatic heterocycles. The zero-order valence-corrected chi connectivity index (χ0v) is 10.2. The molecule has 0 spiro atoms. The molecule has 0 fully saturated rings. The van der Waals surface area contributed by atoms with Crippen molar-refractivity contribution in [1.82, 2.24) is 10.2 Å². The molecule has 1 unspecified atom stereocenters. The summed E-state index contributed by atoms with van der Waals surface area (Å²) in [4.78, 5) is 13.1. The fourth-order valence-electron chi connectivity index (χ4n) is 0.998. The summed E-state index contributed by atoms with van der Waals surface area (Å²) in [6.07, 6.45) is 0. The van der Waals surface area contributed by atoms with Crippen molar-refractivity contribution in [2.75, 3.05) is 26.7 Å². The van der Waals surface area contributed by atoms with Crippen LogP contribution in [0.3, 0.4) is 0 Å². The van der Waals surface area contributed by atoms with E-state index in [0.717, 1.165) is 0 Å². The maximum atomic E-state index is 11.3. The van der Waals surface area contributed by atoms with E-state index in [9.17, 15) is 4.79 Å². The molecule has 0 aromatic carbocycles. The van der Waals surface area contributed by atoms with Crippen LogP contribution in [0, 0.1) is 17.2 Å². The molecule has 1 amide bonds. The minimum atomic E-state index is -0.562. The zero-order chi connectivity index (χ0) is 11.8. The summed E-state index contributed by atoms with van der Waals surface area (Å²) in [7, 11) is 1.77. The van der Waals surface area contributed by atoms with Gasteiger partial charge in [0.25, 0.3) is 0 Å². The molecule has 0 saturated heterocycles. The van der Waals surface area contributed by atoms with E-state index < -0.39 is 5.38 Å². The van der Waals surface area contributed by atoms with Gasteiger partial charge in [-0.15, -0.1) is 11.6 Å². The fourth-order valence-corrected chi connectivity index (χ4v) is 1.23. The molecule has 15 heavy (non-hydrogen) atoms. The van der Waals surface area contributed by atoms with Crippen LogP contribution in [0.5, 0.6) is 0 Å². The van der Waals surface area contributed by atoms with E-state index in [2.05, 4.69) is 5.32 Å². The number of nitrogens with one attached hydrogen (secondary N) is 1. The molecule has 0 heterocycles. The highest BCUT2D eigenvalue weighted by atomic mass is 35.5. The van der Waals surface area contributed by atoms with E-state index >= 15 is 0 Å². The maximum absolute atomic E-state index is 11.3. The normalized spacial score (nSPS) is 12.6. The van der Waals surface area contributed by atoms with Crippen LogP contribution in [0.2, 0.25) is 0 Å². The van der Waals surface area contributed by atoms with Crippen LogP contribution in [0.15, 0.2) is 0 Å². The highest BCUT2D eigenvalue weighted by Gasteiger charge is 2.10. The van der Waals surface area contributed by atoms with Gasteiger partial charge in [-0.3, -0.25) is 9.69 Å². The molecule has 0 saturated carbocycles. The number of nitriles is 1. The molecule has 86 valence electrons. The lowest BCUT2D eigenvalue weighted by atomic mass is 10.2. The summed E-state index contributed by atoms with van der Waals surface area (Å²) in [5, 5.41) is 10.7. The first kappa shape index (κ1) is 14.2. The second-order valence-corrected chi connectivity index (χ2v) is 4.52. The molecule has 0 radical (unpaired) electrons. The minimum Gasteiger partial charge on any atom is -0.355 e. The summed E-state index contributed by atoms with van der Waals surface area (Å²) in [6, 6.07) is 1.91. The molecule has 0 aromatic rings. The number of halogens is 1. The van der Waals surface area contributed by atoms with Crippen molar-refractivity contribution >= 4 is 17.5 Å². The van der Waals surface area contributed by atoms with Crippen molar-refractivity contribution in [2.45, 2.75) is 19.2 Å². The highest BCUT2D eigenvalue weighted by Crippen LogP contribution is 1.96. The summed E-state index contributed by atoms with van der Waals surface area (Å²) < 4.78 is 0. The Hall–Kier alpha value is -0.790. The lowest BCUT2D eigenvalue weighted by Crippen LogP contribution is -2.38. The standard InChI is InChI=1S/C10H18ClN3O/c1-8(2)5-13-10(15)7-14(3)6-9(11)4-12/h8-9H,5-7H2,1-3H3,(H,13,15). The van der Waals surface area contributed by atoms with Crippen molar-refractivity contribution in [3.05, 3.63) is 0 Å². The number of nitrogens with zero attached hydrogens (tertiary/aromatic N) is 2. The predicted octanol–water partition coefficient (Wildman–Crippen LogP) is 0.821. The van der Waals surface area contributed by atoms with Crippen LogP contribution in [-0.2, 0) is 4.79 Å². The van der Waals surface area contributed by atoms with E-state index in [1.54, 1.807) is 11.9 Å². The number of likely N-dealkylation sites (N-methyl/N-ethyl adjacent to an activating group) is 1. The highest BCUT2D eigenvalue weighted by molar-refractivity contribution is 6.22. The van der Waals surface area contributed by atoms with Crippen molar-refractivity contribution in [2.24, 2.45) is 5.92 Å². The average Bonchev–Trinajstić information content (AvgIpc) is 2.14. The Morgan fingerprint density at radius 1 is 1.60 bits per heavy atom. The fraction of sp³-hybridized carbons (Fsp3) is 0.800. The second kappa shape index (κ2) is 7.49. The topological polar surface area (TPSA) is 56.1 Å². The Morgan fingerprint density at radius 2 is 2.20 bits per heavy atom. The van der Waals surface area contributed by atoms with Crippen molar-refractivity contribution in [1.29, 1.82) is 5.26 Å². The summed E-state index contributed by atoms with van der Waals surface area (Å²) in [5.41, 5.74) is 0. The van der Waals surface area contributed by atoms with Gasteiger partial charge in [0, 0.05) is 13.1 Å². The lowest BCUT2D eigenvalue weighted by Gasteiger charge is -2.16. The van der Waals surface area contributed by atoms with Crippen molar-refractivity contribution < 1.29 is 4.79 Å². The number of alkyl halides is 1. The van der Waals surface area contributed by atoms with Gasteiger partial charge >= 0.3 is 0 Å². The molecule has 0 aliphatic carbocycles. The molecular weight excluding hydrogens is 214 g/mol. The molecule has 0 aromatic heterocycles. The number of rotatable bonds is 6. The molecular formula is C10H18ClN3O. The molecule has 0 aliphatic rings. The first-order valence-corrected chi connectivity index (χ1v) is 5.38.